The first-order valence-electron chi connectivity index (χ1n) is 35.8. The minimum absolute atomic E-state index is 0.0728. The van der Waals surface area contributed by atoms with Crippen LogP contribution >= 0.6 is 0 Å². The number of rotatable bonds is 66. The highest BCUT2D eigenvalue weighted by Gasteiger charge is 2.19. The monoisotopic (exact) mass is 1130 g/mol. The molecule has 0 fully saturated rings. The van der Waals surface area contributed by atoms with E-state index in [-0.39, 0.29) is 31.1 Å². The highest BCUT2D eigenvalue weighted by molar-refractivity contribution is 5.71. The Labute approximate surface area is 504 Å². The van der Waals surface area contributed by atoms with Crippen LogP contribution in [0.5, 0.6) is 0 Å². The molecule has 0 N–H and O–H groups in total. The summed E-state index contributed by atoms with van der Waals surface area (Å²) >= 11 is 0. The van der Waals surface area contributed by atoms with Crippen molar-refractivity contribution in [3.8, 4) is 0 Å². The van der Waals surface area contributed by atoms with Crippen molar-refractivity contribution in [3.05, 3.63) is 60.8 Å². The standard InChI is InChI=1S/C75H136O6/c1-4-7-10-13-16-19-22-24-26-28-30-32-33-34-35-36-37-38-39-40-41-43-44-46-48-50-53-56-59-62-65-68-74(77)80-71-72(70-79-73(76)67-64-61-58-55-52-21-18-15-12-9-6-3)81-75(78)69-66-63-60-57-54-51-49-47-45-42-31-29-27-25-23-20-17-14-11-8-5-2/h8,11,17,20,25,27-28,30-31,42,72H,4-7,9-10,12-16,18-19,21-24,26,29,32-41,43-71H2,1-3H3/b11-8-,20-17-,27-25-,30-28-,42-31-. The van der Waals surface area contributed by atoms with Gasteiger partial charge in [-0.25, -0.2) is 0 Å². The van der Waals surface area contributed by atoms with Crippen LogP contribution in [0.4, 0.5) is 0 Å². The van der Waals surface area contributed by atoms with Crippen LogP contribution in [0.2, 0.25) is 0 Å². The number of allylic oxidation sites excluding steroid dienone is 10. The van der Waals surface area contributed by atoms with Crippen molar-refractivity contribution in [2.24, 2.45) is 0 Å². The first-order valence-corrected chi connectivity index (χ1v) is 35.8. The summed E-state index contributed by atoms with van der Waals surface area (Å²) in [5.74, 6) is -0.859. The molecule has 0 saturated carbocycles. The lowest BCUT2D eigenvalue weighted by Gasteiger charge is -2.18. The van der Waals surface area contributed by atoms with Gasteiger partial charge in [0.25, 0.3) is 0 Å². The van der Waals surface area contributed by atoms with Crippen LogP contribution in [0.15, 0.2) is 60.8 Å². The molecule has 0 saturated heterocycles. The Kier molecular flexibility index (Phi) is 67.1. The summed E-state index contributed by atoms with van der Waals surface area (Å²) in [7, 11) is 0. The minimum Gasteiger partial charge on any atom is -0.462 e. The Bertz CT molecular complexity index is 1440. The molecule has 0 aliphatic rings. The first kappa shape index (κ1) is 78.1. The third-order valence-electron chi connectivity index (χ3n) is 16.0. The van der Waals surface area contributed by atoms with Gasteiger partial charge in [0.2, 0.25) is 0 Å². The van der Waals surface area contributed by atoms with Crippen molar-refractivity contribution in [2.75, 3.05) is 13.2 Å². The van der Waals surface area contributed by atoms with Crippen molar-refractivity contribution < 1.29 is 28.6 Å². The number of ether oxygens (including phenoxy) is 3. The molecule has 0 bridgehead atoms. The van der Waals surface area contributed by atoms with Gasteiger partial charge >= 0.3 is 17.9 Å². The van der Waals surface area contributed by atoms with Crippen LogP contribution in [0.3, 0.4) is 0 Å². The molecular weight excluding hydrogens is 997 g/mol. The molecule has 472 valence electrons. The molecule has 0 aliphatic carbocycles. The van der Waals surface area contributed by atoms with Gasteiger partial charge in [-0.2, -0.15) is 0 Å². The molecule has 1 unspecified atom stereocenters. The second-order valence-electron chi connectivity index (χ2n) is 24.1. The van der Waals surface area contributed by atoms with Gasteiger partial charge in [-0.15, -0.1) is 0 Å². The normalized spacial score (nSPS) is 12.4. The van der Waals surface area contributed by atoms with Crippen molar-refractivity contribution in [3.63, 3.8) is 0 Å². The molecule has 0 amide bonds. The quantitative estimate of drug-likeness (QED) is 0.0261. The Hall–Kier alpha value is -2.89. The topological polar surface area (TPSA) is 78.9 Å². The Morgan fingerprint density at radius 3 is 0.765 bits per heavy atom. The molecular formula is C75H136O6. The number of carbonyl (C=O) groups excluding carboxylic acids is 3. The molecule has 0 spiro atoms. The molecule has 0 aromatic carbocycles. The van der Waals surface area contributed by atoms with Gasteiger partial charge in [-0.1, -0.05) is 338 Å². The van der Waals surface area contributed by atoms with Gasteiger partial charge in [-0.05, 0) is 83.5 Å². The number of hydrogen-bond donors (Lipinski definition) is 0. The van der Waals surface area contributed by atoms with Crippen molar-refractivity contribution in [1.82, 2.24) is 0 Å². The average molecular weight is 1130 g/mol. The fourth-order valence-electron chi connectivity index (χ4n) is 10.7. The van der Waals surface area contributed by atoms with Crippen LogP contribution in [-0.2, 0) is 28.6 Å². The first-order chi connectivity index (χ1) is 40.0. The number of carbonyl (C=O) groups is 3. The molecule has 0 aromatic heterocycles. The fourth-order valence-corrected chi connectivity index (χ4v) is 10.7. The number of hydrogen-bond acceptors (Lipinski definition) is 6. The Morgan fingerprint density at radius 2 is 0.481 bits per heavy atom. The van der Waals surface area contributed by atoms with E-state index in [2.05, 4.69) is 81.5 Å². The van der Waals surface area contributed by atoms with E-state index in [1.807, 2.05) is 0 Å². The van der Waals surface area contributed by atoms with Crippen LogP contribution in [-0.4, -0.2) is 37.2 Å². The number of esters is 3. The van der Waals surface area contributed by atoms with Gasteiger partial charge in [0, 0.05) is 19.3 Å². The lowest BCUT2D eigenvalue weighted by atomic mass is 10.0. The lowest BCUT2D eigenvalue weighted by Crippen LogP contribution is -2.30. The molecule has 6 heteroatoms. The summed E-state index contributed by atoms with van der Waals surface area (Å²) in [6, 6.07) is 0. The zero-order chi connectivity index (χ0) is 58.5. The fraction of sp³-hybridized carbons (Fsp3) is 0.827. The van der Waals surface area contributed by atoms with E-state index in [1.54, 1.807) is 0 Å². The van der Waals surface area contributed by atoms with E-state index < -0.39 is 6.10 Å². The molecule has 0 aromatic rings. The molecule has 81 heavy (non-hydrogen) atoms. The van der Waals surface area contributed by atoms with Crippen molar-refractivity contribution in [2.45, 2.75) is 386 Å². The van der Waals surface area contributed by atoms with Gasteiger partial charge in [0.1, 0.15) is 13.2 Å². The third kappa shape index (κ3) is 67.8. The van der Waals surface area contributed by atoms with Crippen molar-refractivity contribution in [1.29, 1.82) is 0 Å². The van der Waals surface area contributed by atoms with Crippen LogP contribution in [0.1, 0.15) is 380 Å². The largest absolute Gasteiger partial charge is 0.462 e. The van der Waals surface area contributed by atoms with Crippen LogP contribution < -0.4 is 0 Å². The highest BCUT2D eigenvalue weighted by Crippen LogP contribution is 2.18. The molecule has 6 nitrogen and oxygen atoms in total. The van der Waals surface area contributed by atoms with E-state index in [4.69, 9.17) is 14.2 Å². The SMILES string of the molecule is CC/C=C\C/C=C\C/C=C\C/C=C\CCCCCCCCCCC(=O)OC(COC(=O)CCCCCCCCCCCCC)COC(=O)CCCCCCCCCCCCCCCCCCCCC/C=C\CCCCCCCCCC. The average Bonchev–Trinajstić information content (AvgIpc) is 3.47. The zero-order valence-corrected chi connectivity index (χ0v) is 54.3. The number of unbranched alkanes of at least 4 members (excludes halogenated alkanes) is 45. The summed E-state index contributed by atoms with van der Waals surface area (Å²) in [6.45, 7) is 6.57. The zero-order valence-electron chi connectivity index (χ0n) is 54.3. The molecule has 0 radical (unpaired) electrons. The summed E-state index contributed by atoms with van der Waals surface area (Å²) < 4.78 is 17.0. The van der Waals surface area contributed by atoms with E-state index in [9.17, 15) is 14.4 Å². The van der Waals surface area contributed by atoms with E-state index in [0.29, 0.717) is 19.3 Å². The van der Waals surface area contributed by atoms with Crippen LogP contribution in [0.25, 0.3) is 0 Å². The maximum atomic E-state index is 12.9. The minimum atomic E-state index is -0.777. The predicted octanol–water partition coefficient (Wildman–Crippen LogP) is 24.7. The van der Waals surface area contributed by atoms with Gasteiger partial charge in [-0.3, -0.25) is 14.4 Å². The summed E-state index contributed by atoms with van der Waals surface area (Å²) in [6.07, 6.45) is 89.8. The van der Waals surface area contributed by atoms with E-state index in [1.165, 1.54) is 250 Å². The summed E-state index contributed by atoms with van der Waals surface area (Å²) in [4.78, 5) is 38.4. The highest BCUT2D eigenvalue weighted by atomic mass is 16.6. The molecule has 0 rings (SSSR count). The Balaban J connectivity index is 4.14. The van der Waals surface area contributed by atoms with Crippen molar-refractivity contribution >= 4 is 17.9 Å². The van der Waals surface area contributed by atoms with Gasteiger partial charge in [0.05, 0.1) is 0 Å². The second kappa shape index (κ2) is 69.6. The molecule has 0 aliphatic heterocycles. The predicted molar refractivity (Wildman–Crippen MR) is 353 cm³/mol. The second-order valence-corrected chi connectivity index (χ2v) is 24.1. The van der Waals surface area contributed by atoms with Crippen LogP contribution in [0, 0.1) is 0 Å². The smallest absolute Gasteiger partial charge is 0.306 e. The Morgan fingerprint density at radius 1 is 0.259 bits per heavy atom. The third-order valence-corrected chi connectivity index (χ3v) is 16.0. The maximum absolute atomic E-state index is 12.9. The van der Waals surface area contributed by atoms with E-state index >= 15 is 0 Å². The summed E-state index contributed by atoms with van der Waals surface area (Å²) in [5, 5.41) is 0. The molecule has 0 heterocycles. The van der Waals surface area contributed by atoms with Gasteiger partial charge < -0.3 is 14.2 Å². The van der Waals surface area contributed by atoms with Gasteiger partial charge in [0.15, 0.2) is 6.10 Å². The summed E-state index contributed by atoms with van der Waals surface area (Å²) in [5.41, 5.74) is 0. The molecule has 1 atom stereocenters. The van der Waals surface area contributed by atoms with E-state index in [0.717, 1.165) is 89.9 Å². The maximum Gasteiger partial charge on any atom is 0.306 e. The lowest BCUT2D eigenvalue weighted by molar-refractivity contribution is -0.167.